The fourth-order valence-corrected chi connectivity index (χ4v) is 3.02. The summed E-state index contributed by atoms with van der Waals surface area (Å²) in [7, 11) is 0. The predicted octanol–water partition coefficient (Wildman–Crippen LogP) is 3.77. The molecule has 3 aromatic rings. The van der Waals surface area contributed by atoms with E-state index in [1.54, 1.807) is 34.0 Å². The van der Waals surface area contributed by atoms with Crippen molar-refractivity contribution in [3.05, 3.63) is 55.6 Å². The lowest BCUT2D eigenvalue weighted by atomic mass is 10.2. The van der Waals surface area contributed by atoms with Crippen molar-refractivity contribution in [3.63, 3.8) is 0 Å². The Morgan fingerprint density at radius 3 is 2.81 bits per heavy atom. The second kappa shape index (κ2) is 8.36. The van der Waals surface area contributed by atoms with Gasteiger partial charge in [-0.25, -0.2) is 9.67 Å². The second-order valence-corrected chi connectivity index (χ2v) is 7.59. The van der Waals surface area contributed by atoms with Crippen LogP contribution in [-0.2, 0) is 17.9 Å². The van der Waals surface area contributed by atoms with Gasteiger partial charge in [0.2, 0.25) is 11.9 Å². The van der Waals surface area contributed by atoms with Crippen LogP contribution < -0.4 is 5.32 Å². The molecule has 0 fully saturated rings. The van der Waals surface area contributed by atoms with Crippen molar-refractivity contribution in [2.24, 2.45) is 0 Å². The second-order valence-electron chi connectivity index (χ2n) is 5.61. The van der Waals surface area contributed by atoms with E-state index >= 15 is 0 Å². The summed E-state index contributed by atoms with van der Waals surface area (Å²) in [5.41, 5.74) is 1.98. The van der Waals surface area contributed by atoms with Gasteiger partial charge < -0.3 is 0 Å². The number of hydrogen-bond donors (Lipinski definition) is 1. The highest BCUT2D eigenvalue weighted by atomic mass is 127. The van der Waals surface area contributed by atoms with Crippen LogP contribution in [0.5, 0.6) is 0 Å². The Labute approximate surface area is 173 Å². The van der Waals surface area contributed by atoms with Gasteiger partial charge in [-0.15, -0.1) is 5.10 Å². The predicted molar refractivity (Wildman–Crippen MR) is 109 cm³/mol. The normalized spacial score (nSPS) is 10.9. The molecule has 0 unspecified atom stereocenters. The SMILES string of the molecule is Cc1c(I)cnn1CCC(=O)Nc1ncn(Cc2ccc(Cl)c(Cl)c2)n1. The Hall–Kier alpha value is -1.65. The maximum atomic E-state index is 12.1. The first kappa shape index (κ1) is 19.1. The Morgan fingerprint density at radius 1 is 1.31 bits per heavy atom. The summed E-state index contributed by atoms with van der Waals surface area (Å²) < 4.78 is 4.50. The van der Waals surface area contributed by atoms with E-state index in [1.807, 2.05) is 13.0 Å². The number of rotatable bonds is 6. The Kier molecular flexibility index (Phi) is 6.15. The van der Waals surface area contributed by atoms with E-state index in [0.717, 1.165) is 14.8 Å². The van der Waals surface area contributed by atoms with Crippen LogP contribution in [0.15, 0.2) is 30.7 Å². The van der Waals surface area contributed by atoms with E-state index in [1.165, 1.54) is 0 Å². The van der Waals surface area contributed by atoms with Crippen LogP contribution in [0.3, 0.4) is 0 Å². The molecule has 0 radical (unpaired) electrons. The first-order valence-electron chi connectivity index (χ1n) is 7.73. The first-order chi connectivity index (χ1) is 12.4. The van der Waals surface area contributed by atoms with Crippen molar-refractivity contribution in [2.75, 3.05) is 5.32 Å². The maximum Gasteiger partial charge on any atom is 0.248 e. The number of hydrogen-bond acceptors (Lipinski definition) is 4. The molecule has 0 atom stereocenters. The zero-order valence-corrected chi connectivity index (χ0v) is 17.5. The van der Waals surface area contributed by atoms with E-state index < -0.39 is 0 Å². The maximum absolute atomic E-state index is 12.1. The van der Waals surface area contributed by atoms with Gasteiger partial charge in [0.1, 0.15) is 6.33 Å². The summed E-state index contributed by atoms with van der Waals surface area (Å²) in [6.07, 6.45) is 3.62. The smallest absolute Gasteiger partial charge is 0.248 e. The fourth-order valence-electron chi connectivity index (χ4n) is 2.30. The zero-order valence-electron chi connectivity index (χ0n) is 13.8. The summed E-state index contributed by atoms with van der Waals surface area (Å²) in [6, 6.07) is 5.37. The summed E-state index contributed by atoms with van der Waals surface area (Å²) >= 11 is 14.1. The third-order valence-corrected chi connectivity index (χ3v) is 5.51. The molecule has 136 valence electrons. The number of aromatic nitrogens is 5. The molecule has 0 bridgehead atoms. The Morgan fingerprint density at radius 2 is 2.12 bits per heavy atom. The van der Waals surface area contributed by atoms with Gasteiger partial charge in [0.25, 0.3) is 0 Å². The summed E-state index contributed by atoms with van der Waals surface area (Å²) in [5.74, 6) is 0.101. The van der Waals surface area contributed by atoms with Crippen LogP contribution >= 0.6 is 45.8 Å². The number of nitrogens with zero attached hydrogens (tertiary/aromatic N) is 5. The van der Waals surface area contributed by atoms with Gasteiger partial charge in [0, 0.05) is 12.1 Å². The lowest BCUT2D eigenvalue weighted by Crippen LogP contribution is -2.16. The third kappa shape index (κ3) is 4.74. The molecule has 10 heteroatoms. The minimum Gasteiger partial charge on any atom is -0.293 e. The molecule has 2 heterocycles. The number of amides is 1. The first-order valence-corrected chi connectivity index (χ1v) is 9.57. The molecule has 1 aromatic carbocycles. The van der Waals surface area contributed by atoms with E-state index in [9.17, 15) is 4.79 Å². The highest BCUT2D eigenvalue weighted by Crippen LogP contribution is 2.22. The van der Waals surface area contributed by atoms with E-state index in [4.69, 9.17) is 23.2 Å². The number of aryl methyl sites for hydroxylation is 1. The van der Waals surface area contributed by atoms with Crippen molar-refractivity contribution in [2.45, 2.75) is 26.4 Å². The number of nitrogens with one attached hydrogen (secondary N) is 1. The Balaban J connectivity index is 1.55. The van der Waals surface area contributed by atoms with Crippen LogP contribution in [-0.4, -0.2) is 30.5 Å². The van der Waals surface area contributed by atoms with Crippen LogP contribution in [0.1, 0.15) is 17.7 Å². The van der Waals surface area contributed by atoms with Crippen LogP contribution in [0.25, 0.3) is 0 Å². The van der Waals surface area contributed by atoms with E-state index in [2.05, 4.69) is 43.1 Å². The minimum absolute atomic E-state index is 0.165. The molecule has 0 spiro atoms. The average molecular weight is 505 g/mol. The van der Waals surface area contributed by atoms with Gasteiger partial charge in [0.05, 0.1) is 32.9 Å². The third-order valence-electron chi connectivity index (χ3n) is 3.71. The van der Waals surface area contributed by atoms with Gasteiger partial charge >= 0.3 is 0 Å². The number of benzene rings is 1. The number of anilines is 1. The van der Waals surface area contributed by atoms with Gasteiger partial charge in [-0.3, -0.25) is 14.8 Å². The van der Waals surface area contributed by atoms with Crippen molar-refractivity contribution in [1.82, 2.24) is 24.5 Å². The van der Waals surface area contributed by atoms with Crippen molar-refractivity contribution >= 4 is 57.6 Å². The standard InChI is InChI=1S/C16H15Cl2IN6O/c1-10-14(19)7-21-25(10)5-4-15(26)22-16-20-9-24(23-16)8-11-2-3-12(17)13(18)6-11/h2-3,6-7,9H,4-5,8H2,1H3,(H,22,23,26). The number of carbonyl (C=O) groups is 1. The van der Waals surface area contributed by atoms with Gasteiger partial charge in [0.15, 0.2) is 0 Å². The molecule has 1 amide bonds. The molecule has 0 saturated carbocycles. The lowest BCUT2D eigenvalue weighted by molar-refractivity contribution is -0.116. The minimum atomic E-state index is -0.165. The largest absolute Gasteiger partial charge is 0.293 e. The van der Waals surface area contributed by atoms with Gasteiger partial charge in [-0.2, -0.15) is 5.10 Å². The highest BCUT2D eigenvalue weighted by molar-refractivity contribution is 14.1. The topological polar surface area (TPSA) is 77.6 Å². The fraction of sp³-hybridized carbons (Fsp3) is 0.250. The summed E-state index contributed by atoms with van der Waals surface area (Å²) in [4.78, 5) is 16.2. The summed E-state index contributed by atoms with van der Waals surface area (Å²) in [6.45, 7) is 2.95. The monoisotopic (exact) mass is 504 g/mol. The Bertz CT molecular complexity index is 939. The van der Waals surface area contributed by atoms with Crippen LogP contribution in [0, 0.1) is 10.5 Å². The molecule has 0 saturated heterocycles. The molecule has 1 N–H and O–H groups in total. The molecular weight excluding hydrogens is 490 g/mol. The molecule has 0 aliphatic heterocycles. The molecule has 26 heavy (non-hydrogen) atoms. The van der Waals surface area contributed by atoms with Crippen LogP contribution in [0.4, 0.5) is 5.95 Å². The van der Waals surface area contributed by atoms with E-state index in [0.29, 0.717) is 29.6 Å². The highest BCUT2D eigenvalue weighted by Gasteiger charge is 2.10. The van der Waals surface area contributed by atoms with Crippen molar-refractivity contribution in [1.29, 1.82) is 0 Å². The van der Waals surface area contributed by atoms with Gasteiger partial charge in [-0.05, 0) is 47.2 Å². The lowest BCUT2D eigenvalue weighted by Gasteiger charge is -2.05. The molecule has 0 aliphatic carbocycles. The van der Waals surface area contributed by atoms with E-state index in [-0.39, 0.29) is 11.9 Å². The van der Waals surface area contributed by atoms with Crippen molar-refractivity contribution < 1.29 is 4.79 Å². The quantitative estimate of drug-likeness (QED) is 0.518. The summed E-state index contributed by atoms with van der Waals surface area (Å²) in [5, 5.41) is 12.2. The molecule has 7 nitrogen and oxygen atoms in total. The van der Waals surface area contributed by atoms with Crippen LogP contribution in [0.2, 0.25) is 10.0 Å². The molecule has 3 rings (SSSR count). The zero-order chi connectivity index (χ0) is 18.7. The molecule has 0 aliphatic rings. The van der Waals surface area contributed by atoms with Crippen molar-refractivity contribution in [3.8, 4) is 0 Å². The number of carbonyl (C=O) groups excluding carboxylic acids is 1. The average Bonchev–Trinajstić information content (AvgIpc) is 3.17. The molecule has 2 aromatic heterocycles. The number of halogens is 3. The van der Waals surface area contributed by atoms with Gasteiger partial charge in [-0.1, -0.05) is 29.3 Å². The molecular formula is C16H15Cl2IN6O.